The molecule has 0 aliphatic heterocycles. The summed E-state index contributed by atoms with van der Waals surface area (Å²) in [4.78, 5) is 17.3. The van der Waals surface area contributed by atoms with Gasteiger partial charge < -0.3 is 14.3 Å². The predicted molar refractivity (Wildman–Crippen MR) is 112 cm³/mol. The van der Waals surface area contributed by atoms with E-state index in [1.807, 2.05) is 11.6 Å². The molecule has 2 aromatic carbocycles. The monoisotopic (exact) mass is 403 g/mol. The molecule has 6 heteroatoms. The van der Waals surface area contributed by atoms with Crippen molar-refractivity contribution < 1.29 is 13.6 Å². The largest absolute Gasteiger partial charge is 0.464 e. The topological polar surface area (TPSA) is 60.1 Å². The number of benzene rings is 2. The molecular weight excluding hydrogens is 381 g/mol. The molecule has 4 aromatic rings. The lowest BCUT2D eigenvalue weighted by Gasteiger charge is -2.19. The molecular formula is C24H22FN3O2. The highest BCUT2D eigenvalue weighted by Crippen LogP contribution is 2.31. The van der Waals surface area contributed by atoms with E-state index in [0.717, 1.165) is 35.8 Å². The third-order valence-electron chi connectivity index (χ3n) is 5.82. The van der Waals surface area contributed by atoms with Crippen molar-refractivity contribution in [1.29, 1.82) is 0 Å². The molecule has 5 nitrogen and oxygen atoms in total. The number of amides is 1. The van der Waals surface area contributed by atoms with Gasteiger partial charge in [-0.05, 0) is 60.2 Å². The van der Waals surface area contributed by atoms with Crippen molar-refractivity contribution in [1.82, 2.24) is 14.9 Å². The van der Waals surface area contributed by atoms with Crippen LogP contribution in [0.25, 0.3) is 11.0 Å². The van der Waals surface area contributed by atoms with Gasteiger partial charge in [0, 0.05) is 30.4 Å². The Kier molecular flexibility index (Phi) is 4.62. The van der Waals surface area contributed by atoms with Crippen LogP contribution in [0.5, 0.6) is 0 Å². The van der Waals surface area contributed by atoms with Gasteiger partial charge in [-0.3, -0.25) is 4.79 Å². The number of imidazole rings is 1. The summed E-state index contributed by atoms with van der Waals surface area (Å²) in [5.41, 5.74) is 5.01. The maximum absolute atomic E-state index is 13.8. The van der Waals surface area contributed by atoms with E-state index >= 15 is 0 Å². The van der Waals surface area contributed by atoms with Gasteiger partial charge in [0.15, 0.2) is 0 Å². The third kappa shape index (κ3) is 3.38. The van der Waals surface area contributed by atoms with E-state index in [9.17, 15) is 9.18 Å². The Morgan fingerprint density at radius 1 is 1.27 bits per heavy atom. The minimum absolute atomic E-state index is 0.171. The van der Waals surface area contributed by atoms with Crippen LogP contribution >= 0.6 is 0 Å². The van der Waals surface area contributed by atoms with Crippen molar-refractivity contribution in [2.75, 3.05) is 0 Å². The third-order valence-corrected chi connectivity index (χ3v) is 5.82. The minimum Gasteiger partial charge on any atom is -0.464 e. The Hall–Kier alpha value is -3.41. The highest BCUT2D eigenvalue weighted by molar-refractivity contribution is 5.89. The molecule has 1 aliphatic rings. The zero-order chi connectivity index (χ0) is 20.7. The Morgan fingerprint density at radius 3 is 2.87 bits per heavy atom. The van der Waals surface area contributed by atoms with Crippen LogP contribution in [0.15, 0.2) is 59.5 Å². The van der Waals surface area contributed by atoms with Gasteiger partial charge in [0.1, 0.15) is 23.3 Å². The number of hydrogen-bond acceptors (Lipinski definition) is 3. The number of nitrogens with one attached hydrogen (secondary N) is 1. The molecule has 152 valence electrons. The molecule has 1 amide bonds. The van der Waals surface area contributed by atoms with Gasteiger partial charge in [0.25, 0.3) is 0 Å². The Morgan fingerprint density at radius 2 is 2.10 bits per heavy atom. The van der Waals surface area contributed by atoms with Crippen LogP contribution < -0.4 is 5.32 Å². The fraction of sp³-hybridized carbons (Fsp3) is 0.250. The molecule has 0 bridgehead atoms. The molecule has 0 radical (unpaired) electrons. The number of aromatic nitrogens is 2. The molecule has 2 heterocycles. The van der Waals surface area contributed by atoms with Crippen molar-refractivity contribution >= 4 is 16.9 Å². The van der Waals surface area contributed by atoms with E-state index in [-0.39, 0.29) is 18.1 Å². The number of hydrogen-bond donors (Lipinski definition) is 1. The zero-order valence-electron chi connectivity index (χ0n) is 16.7. The Labute approximate surface area is 173 Å². The van der Waals surface area contributed by atoms with Gasteiger partial charge >= 0.3 is 0 Å². The lowest BCUT2D eigenvalue weighted by molar-refractivity contribution is -0.121. The Bertz CT molecular complexity index is 1240. The molecule has 1 aliphatic carbocycles. The molecule has 0 saturated heterocycles. The van der Waals surface area contributed by atoms with E-state index < -0.39 is 6.04 Å². The highest BCUT2D eigenvalue weighted by Gasteiger charge is 2.23. The molecule has 0 saturated carbocycles. The second-order valence-electron chi connectivity index (χ2n) is 7.86. The lowest BCUT2D eigenvalue weighted by atomic mass is 10.0. The van der Waals surface area contributed by atoms with Crippen molar-refractivity contribution in [3.8, 4) is 0 Å². The maximum Gasteiger partial charge on any atom is 0.225 e. The van der Waals surface area contributed by atoms with Crippen LogP contribution in [0.3, 0.4) is 0 Å². The first kappa shape index (κ1) is 18.6. The van der Waals surface area contributed by atoms with Crippen LogP contribution in [0.4, 0.5) is 4.39 Å². The average Bonchev–Trinajstić information content (AvgIpc) is 3.45. The molecule has 30 heavy (non-hydrogen) atoms. The summed E-state index contributed by atoms with van der Waals surface area (Å²) in [6.07, 6.45) is 8.63. The molecule has 0 spiro atoms. The standard InChI is InChI=1S/C24H22FN3O2/c1-28-9-8-26-24(28)23(17-6-3-7-19(25)10-17)27-22(29)13-18-14-30-21-12-16-5-2-4-15(16)11-20(18)21/h3,6-12,14,23H,2,4-5,13H2,1H3,(H,27,29)/t23-/m0/s1. The molecule has 5 rings (SSSR count). The summed E-state index contributed by atoms with van der Waals surface area (Å²) in [6, 6.07) is 9.95. The van der Waals surface area contributed by atoms with Crippen LogP contribution in [-0.4, -0.2) is 15.5 Å². The van der Waals surface area contributed by atoms with Gasteiger partial charge in [0.05, 0.1) is 12.7 Å². The van der Waals surface area contributed by atoms with Crippen molar-refractivity contribution in [2.45, 2.75) is 31.7 Å². The van der Waals surface area contributed by atoms with Crippen LogP contribution in [0, 0.1) is 5.82 Å². The Balaban J connectivity index is 1.42. The molecule has 2 aromatic heterocycles. The van der Waals surface area contributed by atoms with E-state index in [4.69, 9.17) is 4.42 Å². The number of carbonyl (C=O) groups is 1. The molecule has 0 unspecified atom stereocenters. The molecule has 1 N–H and O–H groups in total. The van der Waals surface area contributed by atoms with Crippen LogP contribution in [0.1, 0.15) is 40.5 Å². The number of halogens is 1. The van der Waals surface area contributed by atoms with Crippen molar-refractivity contribution in [2.24, 2.45) is 7.05 Å². The van der Waals surface area contributed by atoms with E-state index in [1.54, 1.807) is 30.8 Å². The van der Waals surface area contributed by atoms with E-state index in [0.29, 0.717) is 11.4 Å². The fourth-order valence-electron chi connectivity index (χ4n) is 4.31. The fourth-order valence-corrected chi connectivity index (χ4v) is 4.31. The number of furan rings is 1. The van der Waals surface area contributed by atoms with Crippen molar-refractivity contribution in [3.05, 3.63) is 89.0 Å². The maximum atomic E-state index is 13.8. The molecule has 1 atom stereocenters. The highest BCUT2D eigenvalue weighted by atomic mass is 19.1. The van der Waals surface area contributed by atoms with Crippen molar-refractivity contribution in [3.63, 3.8) is 0 Å². The summed E-state index contributed by atoms with van der Waals surface area (Å²) >= 11 is 0. The summed E-state index contributed by atoms with van der Waals surface area (Å²) in [7, 11) is 1.85. The molecule has 0 fully saturated rings. The first-order chi connectivity index (χ1) is 14.6. The van der Waals surface area contributed by atoms with Gasteiger partial charge in [-0.2, -0.15) is 0 Å². The summed E-state index contributed by atoms with van der Waals surface area (Å²) < 4.78 is 21.4. The van der Waals surface area contributed by atoms with Gasteiger partial charge in [-0.15, -0.1) is 0 Å². The minimum atomic E-state index is -0.546. The number of carbonyl (C=O) groups excluding carboxylic acids is 1. The zero-order valence-corrected chi connectivity index (χ0v) is 16.7. The number of fused-ring (bicyclic) bond motifs is 2. The van der Waals surface area contributed by atoms with Gasteiger partial charge in [-0.25, -0.2) is 9.37 Å². The van der Waals surface area contributed by atoms with E-state index in [1.165, 1.54) is 23.3 Å². The summed E-state index contributed by atoms with van der Waals surface area (Å²) in [5, 5.41) is 4.02. The first-order valence-electron chi connectivity index (χ1n) is 10.1. The average molecular weight is 403 g/mol. The van der Waals surface area contributed by atoms with Gasteiger partial charge in [-0.1, -0.05) is 12.1 Å². The normalized spacial score (nSPS) is 14.1. The van der Waals surface area contributed by atoms with Crippen LogP contribution in [0.2, 0.25) is 0 Å². The van der Waals surface area contributed by atoms with Gasteiger partial charge in [0.2, 0.25) is 5.91 Å². The smallest absolute Gasteiger partial charge is 0.225 e. The van der Waals surface area contributed by atoms with Crippen LogP contribution in [-0.2, 0) is 31.1 Å². The first-order valence-corrected chi connectivity index (χ1v) is 10.1. The summed E-state index contributed by atoms with van der Waals surface area (Å²) in [6.45, 7) is 0. The number of nitrogens with zero attached hydrogens (tertiary/aromatic N) is 2. The number of rotatable bonds is 5. The summed E-state index contributed by atoms with van der Waals surface area (Å²) in [5.74, 6) is 0.120. The lowest BCUT2D eigenvalue weighted by Crippen LogP contribution is -2.32. The van der Waals surface area contributed by atoms with E-state index in [2.05, 4.69) is 22.4 Å². The predicted octanol–water partition coefficient (Wildman–Crippen LogP) is 4.24. The second-order valence-corrected chi connectivity index (χ2v) is 7.86. The quantitative estimate of drug-likeness (QED) is 0.542. The number of aryl methyl sites for hydroxylation is 3. The second kappa shape index (κ2) is 7.44. The SMILES string of the molecule is Cn1ccnc1[C@@H](NC(=O)Cc1coc2cc3c(cc12)CCC3)c1cccc(F)c1.